The van der Waals surface area contributed by atoms with E-state index < -0.39 is 0 Å². The fourth-order valence-electron chi connectivity index (χ4n) is 1.73. The van der Waals surface area contributed by atoms with Gasteiger partial charge in [0, 0.05) is 31.4 Å². The van der Waals surface area contributed by atoms with Crippen LogP contribution >= 0.6 is 28.3 Å². The Labute approximate surface area is 145 Å². The van der Waals surface area contributed by atoms with Crippen LogP contribution in [0.3, 0.4) is 0 Å². The number of H-pyrrole nitrogens is 1. The molecule has 126 valence electrons. The number of aromatic nitrogens is 2. The van der Waals surface area contributed by atoms with Crippen LogP contribution in [-0.4, -0.2) is 33.1 Å². The van der Waals surface area contributed by atoms with Crippen LogP contribution in [0.15, 0.2) is 27.5 Å². The SMILES string of the molecule is CN(SF)C(=O)CCCC=O.Cn1c(=O)[nH]c2ccc(Br)cc21. The van der Waals surface area contributed by atoms with Crippen molar-refractivity contribution in [3.63, 3.8) is 0 Å². The summed E-state index contributed by atoms with van der Waals surface area (Å²) >= 11 is 3.23. The minimum absolute atomic E-state index is 0.0805. The number of aromatic amines is 1. The van der Waals surface area contributed by atoms with Gasteiger partial charge in [0.1, 0.15) is 6.29 Å². The summed E-state index contributed by atoms with van der Waals surface area (Å²) in [6, 6.07) is 5.69. The lowest BCUT2D eigenvalue weighted by Crippen LogP contribution is -2.17. The van der Waals surface area contributed by atoms with Crippen molar-refractivity contribution in [3.8, 4) is 0 Å². The number of nitrogens with one attached hydrogen (secondary N) is 1. The first-order valence-corrected chi connectivity index (χ1v) is 8.20. The zero-order valence-corrected chi connectivity index (χ0v) is 15.1. The quantitative estimate of drug-likeness (QED) is 0.471. The number of halogens is 2. The Balaban J connectivity index is 0.000000232. The molecular formula is C14H17BrFN3O3S. The molecule has 9 heteroatoms. The lowest BCUT2D eigenvalue weighted by molar-refractivity contribution is -0.125. The van der Waals surface area contributed by atoms with Gasteiger partial charge in [0.05, 0.1) is 11.0 Å². The van der Waals surface area contributed by atoms with Crippen molar-refractivity contribution in [2.75, 3.05) is 7.05 Å². The first-order valence-electron chi connectivity index (χ1n) is 6.73. The first kappa shape index (κ1) is 19.4. The molecular weight excluding hydrogens is 389 g/mol. The molecule has 1 aromatic heterocycles. The fraction of sp³-hybridized carbons (Fsp3) is 0.357. The molecule has 0 radical (unpaired) electrons. The molecule has 0 bridgehead atoms. The number of amides is 1. The maximum absolute atomic E-state index is 11.7. The molecule has 2 rings (SSSR count). The normalized spacial score (nSPS) is 10.1. The molecule has 1 N–H and O–H groups in total. The summed E-state index contributed by atoms with van der Waals surface area (Å²) < 4.78 is 15.2. The van der Waals surface area contributed by atoms with Gasteiger partial charge >= 0.3 is 5.69 Å². The van der Waals surface area contributed by atoms with Gasteiger partial charge in [-0.3, -0.25) is 13.7 Å². The summed E-state index contributed by atoms with van der Waals surface area (Å²) in [6.45, 7) is 0. The van der Waals surface area contributed by atoms with E-state index in [4.69, 9.17) is 0 Å². The van der Waals surface area contributed by atoms with Crippen LogP contribution in [0.4, 0.5) is 3.89 Å². The third-order valence-electron chi connectivity index (χ3n) is 3.03. The molecule has 0 aliphatic rings. The van der Waals surface area contributed by atoms with Crippen LogP contribution in [0.25, 0.3) is 11.0 Å². The van der Waals surface area contributed by atoms with Crippen molar-refractivity contribution >= 4 is 51.5 Å². The Bertz CT molecular complexity index is 732. The third kappa shape index (κ3) is 5.83. The van der Waals surface area contributed by atoms with Gasteiger partial charge in [-0.25, -0.2) is 4.79 Å². The van der Waals surface area contributed by atoms with Gasteiger partial charge in [-0.05, 0) is 24.6 Å². The number of carbonyl (C=O) groups is 2. The van der Waals surface area contributed by atoms with E-state index in [2.05, 4.69) is 20.9 Å². The third-order valence-corrected chi connectivity index (χ3v) is 3.94. The summed E-state index contributed by atoms with van der Waals surface area (Å²) in [4.78, 5) is 34.5. The molecule has 0 saturated carbocycles. The summed E-state index contributed by atoms with van der Waals surface area (Å²) in [7, 11) is 3.10. The second-order valence-electron chi connectivity index (χ2n) is 4.67. The maximum Gasteiger partial charge on any atom is 0.326 e. The van der Waals surface area contributed by atoms with Crippen LogP contribution < -0.4 is 5.69 Å². The number of rotatable bonds is 5. The van der Waals surface area contributed by atoms with Crippen molar-refractivity contribution in [3.05, 3.63) is 33.2 Å². The second-order valence-corrected chi connectivity index (χ2v) is 6.27. The largest absolute Gasteiger partial charge is 0.326 e. The number of imidazole rings is 1. The summed E-state index contributed by atoms with van der Waals surface area (Å²) in [5.41, 5.74) is 1.70. The van der Waals surface area contributed by atoms with E-state index in [9.17, 15) is 18.3 Å². The fourth-order valence-corrected chi connectivity index (χ4v) is 2.25. The molecule has 0 aliphatic carbocycles. The van der Waals surface area contributed by atoms with Crippen molar-refractivity contribution in [1.29, 1.82) is 0 Å². The lowest BCUT2D eigenvalue weighted by atomic mass is 10.2. The molecule has 1 aromatic carbocycles. The van der Waals surface area contributed by atoms with Gasteiger partial charge in [-0.15, -0.1) is 3.89 Å². The molecule has 0 unspecified atom stereocenters. The van der Waals surface area contributed by atoms with Crippen molar-refractivity contribution in [1.82, 2.24) is 13.9 Å². The van der Waals surface area contributed by atoms with Gasteiger partial charge in [-0.2, -0.15) is 0 Å². The average Bonchev–Trinajstić information content (AvgIpc) is 2.82. The number of fused-ring (bicyclic) bond motifs is 1. The Kier molecular flexibility index (Phi) is 8.04. The number of hydrogen-bond acceptors (Lipinski definition) is 4. The van der Waals surface area contributed by atoms with Crippen LogP contribution in [0, 0.1) is 0 Å². The number of aldehydes is 1. The Morgan fingerprint density at radius 1 is 1.52 bits per heavy atom. The standard InChI is InChI=1S/C8H7BrN2O.C6H10FNO2S/c1-11-7-4-5(9)2-3-6(7)10-8(11)12;1-8(11-7)6(10)4-2-3-5-9/h2-4H,1H3,(H,10,12);5H,2-4H2,1H3. The highest BCUT2D eigenvalue weighted by molar-refractivity contribution is 9.10. The Hall–Kier alpha value is -1.61. The van der Waals surface area contributed by atoms with Crippen molar-refractivity contribution in [2.24, 2.45) is 7.05 Å². The molecule has 0 atom stereocenters. The lowest BCUT2D eigenvalue weighted by Gasteiger charge is -2.08. The maximum atomic E-state index is 11.7. The average molecular weight is 406 g/mol. The molecule has 1 amide bonds. The first-order chi connectivity index (χ1) is 10.9. The van der Waals surface area contributed by atoms with Gasteiger partial charge < -0.3 is 9.78 Å². The highest BCUT2D eigenvalue weighted by Gasteiger charge is 2.07. The number of aryl methyl sites for hydroxylation is 1. The van der Waals surface area contributed by atoms with Gasteiger partial charge in [0.2, 0.25) is 5.91 Å². The predicted octanol–water partition coefficient (Wildman–Crippen LogP) is 2.98. The van der Waals surface area contributed by atoms with E-state index in [1.165, 1.54) is 7.05 Å². The van der Waals surface area contributed by atoms with E-state index in [0.717, 1.165) is 26.1 Å². The van der Waals surface area contributed by atoms with Crippen LogP contribution in [0.2, 0.25) is 0 Å². The van der Waals surface area contributed by atoms with Gasteiger partial charge in [0.25, 0.3) is 0 Å². The zero-order chi connectivity index (χ0) is 17.4. The zero-order valence-electron chi connectivity index (χ0n) is 12.7. The highest BCUT2D eigenvalue weighted by Crippen LogP contribution is 2.16. The van der Waals surface area contributed by atoms with E-state index in [-0.39, 0.29) is 30.4 Å². The van der Waals surface area contributed by atoms with E-state index in [1.54, 1.807) is 11.6 Å². The molecule has 0 saturated heterocycles. The number of hydrogen-bond donors (Lipinski definition) is 1. The van der Waals surface area contributed by atoms with E-state index in [0.29, 0.717) is 12.8 Å². The summed E-state index contributed by atoms with van der Waals surface area (Å²) in [6.07, 6.45) is 1.83. The van der Waals surface area contributed by atoms with Crippen molar-refractivity contribution in [2.45, 2.75) is 19.3 Å². The Morgan fingerprint density at radius 3 is 2.83 bits per heavy atom. The molecule has 0 fully saturated rings. The van der Waals surface area contributed by atoms with E-state index >= 15 is 0 Å². The minimum atomic E-state index is -0.292. The summed E-state index contributed by atoms with van der Waals surface area (Å²) in [5.74, 6) is -0.292. The highest BCUT2D eigenvalue weighted by atomic mass is 79.9. The van der Waals surface area contributed by atoms with Gasteiger partial charge in [0.15, 0.2) is 12.3 Å². The number of unbranched alkanes of at least 4 members (excludes halogenated alkanes) is 1. The van der Waals surface area contributed by atoms with Crippen LogP contribution in [0.5, 0.6) is 0 Å². The molecule has 23 heavy (non-hydrogen) atoms. The predicted molar refractivity (Wildman–Crippen MR) is 92.6 cm³/mol. The monoisotopic (exact) mass is 405 g/mol. The van der Waals surface area contributed by atoms with Crippen molar-refractivity contribution < 1.29 is 13.5 Å². The van der Waals surface area contributed by atoms with E-state index in [1.807, 2.05) is 18.2 Å². The van der Waals surface area contributed by atoms with Crippen LogP contribution in [0.1, 0.15) is 19.3 Å². The summed E-state index contributed by atoms with van der Waals surface area (Å²) in [5, 5.41) is 0. The topological polar surface area (TPSA) is 75.2 Å². The number of nitrogens with zero attached hydrogens (tertiary/aromatic N) is 2. The van der Waals surface area contributed by atoms with Gasteiger partial charge in [-0.1, -0.05) is 15.9 Å². The smallest absolute Gasteiger partial charge is 0.306 e. The Morgan fingerprint density at radius 2 is 2.22 bits per heavy atom. The number of benzene rings is 1. The van der Waals surface area contributed by atoms with Crippen LogP contribution in [-0.2, 0) is 16.6 Å². The molecule has 0 spiro atoms. The molecule has 1 heterocycles. The molecule has 6 nitrogen and oxygen atoms in total. The number of carbonyl (C=O) groups excluding carboxylic acids is 2. The minimum Gasteiger partial charge on any atom is -0.306 e. The molecule has 0 aliphatic heterocycles. The second kappa shape index (κ2) is 9.51. The molecule has 2 aromatic rings.